The van der Waals surface area contributed by atoms with Crippen molar-refractivity contribution in [3.8, 4) is 5.75 Å². The highest BCUT2D eigenvalue weighted by atomic mass is 35.5. The van der Waals surface area contributed by atoms with Crippen LogP contribution in [0, 0.1) is 0 Å². The molecule has 2 rings (SSSR count). The van der Waals surface area contributed by atoms with Crippen LogP contribution in [0.5, 0.6) is 5.75 Å². The van der Waals surface area contributed by atoms with Crippen molar-refractivity contribution in [1.82, 2.24) is 5.32 Å². The Labute approximate surface area is 147 Å². The summed E-state index contributed by atoms with van der Waals surface area (Å²) in [5.41, 5.74) is 1.87. The lowest BCUT2D eigenvalue weighted by Gasteiger charge is -2.14. The number of ether oxygens (including phenoxy) is 1. The van der Waals surface area contributed by atoms with Gasteiger partial charge in [-0.3, -0.25) is 0 Å². The molecule has 0 radical (unpaired) electrons. The van der Waals surface area contributed by atoms with Crippen molar-refractivity contribution in [2.45, 2.75) is 32.6 Å². The molecule has 0 aliphatic rings. The largest absolute Gasteiger partial charge is 0.491 e. The molecule has 5 heteroatoms. The van der Waals surface area contributed by atoms with Crippen molar-refractivity contribution in [3.05, 3.63) is 63.6 Å². The summed E-state index contributed by atoms with van der Waals surface area (Å²) in [6.07, 6.45) is -0.440. The molecule has 0 aliphatic carbocycles. The molecule has 2 aromatic rings. The lowest BCUT2D eigenvalue weighted by atomic mass is 10.1. The average Bonchev–Trinajstić information content (AvgIpc) is 2.51. The molecule has 0 bridgehead atoms. The maximum absolute atomic E-state index is 10.2. The highest BCUT2D eigenvalue weighted by molar-refractivity contribution is 6.42. The van der Waals surface area contributed by atoms with Crippen LogP contribution in [0.25, 0.3) is 0 Å². The fourth-order valence-electron chi connectivity index (χ4n) is 2.16. The van der Waals surface area contributed by atoms with Crippen LogP contribution in [0.2, 0.25) is 10.0 Å². The van der Waals surface area contributed by atoms with Gasteiger partial charge in [0.2, 0.25) is 0 Å². The van der Waals surface area contributed by atoms with Crippen LogP contribution >= 0.6 is 23.2 Å². The van der Waals surface area contributed by atoms with Gasteiger partial charge in [0.25, 0.3) is 0 Å². The summed E-state index contributed by atoms with van der Waals surface area (Å²) >= 11 is 11.9. The van der Waals surface area contributed by atoms with Gasteiger partial charge in [-0.25, -0.2) is 0 Å². The summed E-state index contributed by atoms with van der Waals surface area (Å²) in [6.45, 7) is 5.03. The molecule has 124 valence electrons. The SMILES string of the molecule is CC(C)Oc1ccc([C@@H](O)CNCc2ccc(Cl)c(Cl)c2)cc1. The van der Waals surface area contributed by atoms with E-state index >= 15 is 0 Å². The summed E-state index contributed by atoms with van der Waals surface area (Å²) in [7, 11) is 0. The Balaban J connectivity index is 1.84. The van der Waals surface area contributed by atoms with E-state index in [1.54, 1.807) is 6.07 Å². The van der Waals surface area contributed by atoms with E-state index in [1.165, 1.54) is 0 Å². The molecule has 0 aliphatic heterocycles. The predicted octanol–water partition coefficient (Wildman–Crippen LogP) is 4.60. The fourth-order valence-corrected chi connectivity index (χ4v) is 2.48. The van der Waals surface area contributed by atoms with Gasteiger partial charge < -0.3 is 15.2 Å². The Morgan fingerprint density at radius 1 is 1.04 bits per heavy atom. The van der Waals surface area contributed by atoms with Crippen LogP contribution in [-0.4, -0.2) is 17.8 Å². The first-order chi connectivity index (χ1) is 11.0. The van der Waals surface area contributed by atoms with Gasteiger partial charge in [-0.15, -0.1) is 0 Å². The topological polar surface area (TPSA) is 41.5 Å². The molecule has 0 unspecified atom stereocenters. The first kappa shape index (κ1) is 18.1. The predicted molar refractivity (Wildman–Crippen MR) is 95.3 cm³/mol. The average molecular weight is 354 g/mol. The standard InChI is InChI=1S/C18H21Cl2NO2/c1-12(2)23-15-6-4-14(5-7-15)18(22)11-21-10-13-3-8-16(19)17(20)9-13/h3-9,12,18,21-22H,10-11H2,1-2H3/t18-/m0/s1. The third-order valence-corrected chi connectivity index (χ3v) is 4.03. The monoisotopic (exact) mass is 353 g/mol. The molecule has 0 saturated heterocycles. The van der Waals surface area contributed by atoms with Crippen molar-refractivity contribution >= 4 is 23.2 Å². The summed E-state index contributed by atoms with van der Waals surface area (Å²) in [4.78, 5) is 0. The smallest absolute Gasteiger partial charge is 0.119 e. The van der Waals surface area contributed by atoms with Gasteiger partial charge in [0.05, 0.1) is 22.3 Å². The minimum Gasteiger partial charge on any atom is -0.491 e. The quantitative estimate of drug-likeness (QED) is 0.763. The molecule has 23 heavy (non-hydrogen) atoms. The first-order valence-corrected chi connectivity index (χ1v) is 8.30. The summed E-state index contributed by atoms with van der Waals surface area (Å²) in [5.74, 6) is 0.805. The second-order valence-corrected chi connectivity index (χ2v) is 6.45. The molecule has 0 fully saturated rings. The maximum Gasteiger partial charge on any atom is 0.119 e. The Morgan fingerprint density at radius 3 is 2.35 bits per heavy atom. The summed E-state index contributed by atoms with van der Waals surface area (Å²) in [5, 5.41) is 14.5. The summed E-state index contributed by atoms with van der Waals surface area (Å²) < 4.78 is 5.59. The van der Waals surface area contributed by atoms with E-state index in [1.807, 2.05) is 50.2 Å². The molecule has 2 N–H and O–H groups in total. The Kier molecular flexibility index (Phi) is 6.72. The number of benzene rings is 2. The van der Waals surface area contributed by atoms with Crippen molar-refractivity contribution in [2.24, 2.45) is 0 Å². The van der Waals surface area contributed by atoms with Crippen molar-refractivity contribution < 1.29 is 9.84 Å². The summed E-state index contributed by atoms with van der Waals surface area (Å²) in [6, 6.07) is 13.0. The molecule has 1 atom stereocenters. The van der Waals surface area contributed by atoms with E-state index in [4.69, 9.17) is 27.9 Å². The molecule has 0 amide bonds. The number of hydrogen-bond donors (Lipinski definition) is 2. The second kappa shape index (κ2) is 8.55. The number of rotatable bonds is 7. The van der Waals surface area contributed by atoms with E-state index in [0.717, 1.165) is 16.9 Å². The zero-order chi connectivity index (χ0) is 16.8. The van der Waals surface area contributed by atoms with Crippen molar-refractivity contribution in [3.63, 3.8) is 0 Å². The number of aliphatic hydroxyl groups excluding tert-OH is 1. The Morgan fingerprint density at radius 2 is 1.74 bits per heavy atom. The van der Waals surface area contributed by atoms with E-state index in [-0.39, 0.29) is 6.10 Å². The van der Waals surface area contributed by atoms with Crippen molar-refractivity contribution in [2.75, 3.05) is 6.54 Å². The number of hydrogen-bond acceptors (Lipinski definition) is 3. The zero-order valence-corrected chi connectivity index (χ0v) is 14.7. The maximum atomic E-state index is 10.2. The van der Waals surface area contributed by atoms with Crippen LogP contribution in [0.4, 0.5) is 0 Å². The fraction of sp³-hybridized carbons (Fsp3) is 0.333. The lowest BCUT2D eigenvalue weighted by Crippen LogP contribution is -2.21. The van der Waals surface area contributed by atoms with E-state index in [0.29, 0.717) is 23.1 Å². The van der Waals surface area contributed by atoms with Gasteiger partial charge in [-0.2, -0.15) is 0 Å². The molecule has 0 saturated carbocycles. The second-order valence-electron chi connectivity index (χ2n) is 5.63. The highest BCUT2D eigenvalue weighted by Gasteiger charge is 2.08. The van der Waals surface area contributed by atoms with Crippen molar-refractivity contribution in [1.29, 1.82) is 0 Å². The molecule has 0 aromatic heterocycles. The minimum atomic E-state index is -0.578. The van der Waals surface area contributed by atoms with E-state index in [9.17, 15) is 5.11 Å². The third kappa shape index (κ3) is 5.70. The van der Waals surface area contributed by atoms with Crippen LogP contribution < -0.4 is 10.1 Å². The van der Waals surface area contributed by atoms with Gasteiger partial charge in [0.15, 0.2) is 0 Å². The number of halogens is 2. The van der Waals surface area contributed by atoms with Crippen LogP contribution in [0.3, 0.4) is 0 Å². The van der Waals surface area contributed by atoms with Crippen LogP contribution in [0.1, 0.15) is 31.1 Å². The minimum absolute atomic E-state index is 0.138. The third-order valence-electron chi connectivity index (χ3n) is 3.29. The zero-order valence-electron chi connectivity index (χ0n) is 13.2. The normalized spacial score (nSPS) is 12.4. The molecular weight excluding hydrogens is 333 g/mol. The van der Waals surface area contributed by atoms with Gasteiger partial charge in [-0.1, -0.05) is 41.4 Å². The molecule has 2 aromatic carbocycles. The van der Waals surface area contributed by atoms with Gasteiger partial charge in [0.1, 0.15) is 5.75 Å². The molecular formula is C18H21Cl2NO2. The number of nitrogens with one attached hydrogen (secondary N) is 1. The van der Waals surface area contributed by atoms with E-state index in [2.05, 4.69) is 5.32 Å². The van der Waals surface area contributed by atoms with Crippen LogP contribution in [0.15, 0.2) is 42.5 Å². The van der Waals surface area contributed by atoms with Gasteiger partial charge >= 0.3 is 0 Å². The van der Waals surface area contributed by atoms with Gasteiger partial charge in [-0.05, 0) is 49.2 Å². The highest BCUT2D eigenvalue weighted by Crippen LogP contribution is 2.23. The molecule has 3 nitrogen and oxygen atoms in total. The number of aliphatic hydroxyl groups is 1. The Bertz CT molecular complexity index is 629. The van der Waals surface area contributed by atoms with E-state index < -0.39 is 6.10 Å². The first-order valence-electron chi connectivity index (χ1n) is 7.55. The molecule has 0 spiro atoms. The lowest BCUT2D eigenvalue weighted by molar-refractivity contribution is 0.174. The van der Waals surface area contributed by atoms with Crippen LogP contribution in [-0.2, 0) is 6.54 Å². The Hall–Kier alpha value is -1.26. The molecule has 0 heterocycles. The van der Waals surface area contributed by atoms with Gasteiger partial charge in [0, 0.05) is 13.1 Å².